The fraction of sp³-hybridized carbons (Fsp3) is 0.500. The van der Waals surface area contributed by atoms with Gasteiger partial charge in [0.15, 0.2) is 0 Å². The van der Waals surface area contributed by atoms with Gasteiger partial charge in [0.2, 0.25) is 5.91 Å². The summed E-state index contributed by atoms with van der Waals surface area (Å²) in [5, 5.41) is 15.4. The molecule has 1 heterocycles. The van der Waals surface area contributed by atoms with E-state index in [1.54, 1.807) is 6.92 Å². The molecular weight excluding hydrogens is 268 g/mol. The van der Waals surface area contributed by atoms with Gasteiger partial charge in [0, 0.05) is 6.54 Å². The second kappa shape index (κ2) is 5.15. The van der Waals surface area contributed by atoms with Crippen molar-refractivity contribution in [3.05, 3.63) is 35.4 Å². The Morgan fingerprint density at radius 1 is 1.29 bits per heavy atom. The van der Waals surface area contributed by atoms with Crippen LogP contribution < -0.4 is 10.6 Å². The first-order chi connectivity index (χ1) is 10.0. The average Bonchev–Trinajstić information content (AvgIpc) is 3.31. The van der Waals surface area contributed by atoms with E-state index in [9.17, 15) is 14.7 Å². The zero-order valence-corrected chi connectivity index (χ0v) is 12.1. The number of hydrogen-bond donors (Lipinski definition) is 3. The van der Waals surface area contributed by atoms with Gasteiger partial charge in [0.05, 0.1) is 6.04 Å². The minimum absolute atomic E-state index is 0.0508. The number of carbonyl (C=O) groups is 2. The van der Waals surface area contributed by atoms with Crippen LogP contribution in [0.4, 0.5) is 0 Å². The fourth-order valence-corrected chi connectivity index (χ4v) is 2.97. The first-order valence-corrected chi connectivity index (χ1v) is 7.36. The van der Waals surface area contributed by atoms with Crippen LogP contribution >= 0.6 is 0 Å². The van der Waals surface area contributed by atoms with E-state index in [0.29, 0.717) is 13.0 Å². The van der Waals surface area contributed by atoms with Crippen molar-refractivity contribution in [3.8, 4) is 0 Å². The summed E-state index contributed by atoms with van der Waals surface area (Å²) in [6.45, 7) is 2.25. The predicted molar refractivity (Wildman–Crippen MR) is 77.7 cm³/mol. The number of amides is 1. The molecule has 0 saturated heterocycles. The SMILES string of the molecule is CC(NC(=O)C1Cc2ccccc2CN1)(C(=O)O)C1CC1. The molecule has 5 heteroatoms. The Kier molecular flexibility index (Phi) is 3.45. The fourth-order valence-electron chi connectivity index (χ4n) is 2.97. The molecule has 1 aliphatic heterocycles. The van der Waals surface area contributed by atoms with Crippen LogP contribution in [0.2, 0.25) is 0 Å². The van der Waals surface area contributed by atoms with Crippen LogP contribution in [0.25, 0.3) is 0 Å². The van der Waals surface area contributed by atoms with E-state index < -0.39 is 11.5 Å². The number of carbonyl (C=O) groups excluding carboxylic acids is 1. The second-order valence-electron chi connectivity index (χ2n) is 6.18. The molecule has 0 radical (unpaired) electrons. The molecule has 1 aromatic rings. The highest BCUT2D eigenvalue weighted by atomic mass is 16.4. The number of carboxylic acids is 1. The van der Waals surface area contributed by atoms with Gasteiger partial charge in [0.1, 0.15) is 5.54 Å². The van der Waals surface area contributed by atoms with Gasteiger partial charge in [-0.2, -0.15) is 0 Å². The Hall–Kier alpha value is -1.88. The molecule has 21 heavy (non-hydrogen) atoms. The van der Waals surface area contributed by atoms with Crippen molar-refractivity contribution in [3.63, 3.8) is 0 Å². The number of benzene rings is 1. The number of nitrogens with one attached hydrogen (secondary N) is 2. The Labute approximate surface area is 123 Å². The lowest BCUT2D eigenvalue weighted by Crippen LogP contribution is -2.59. The summed E-state index contributed by atoms with van der Waals surface area (Å²) in [6.07, 6.45) is 2.33. The van der Waals surface area contributed by atoms with Crippen LogP contribution in [-0.4, -0.2) is 28.6 Å². The van der Waals surface area contributed by atoms with Crippen LogP contribution in [0.3, 0.4) is 0 Å². The van der Waals surface area contributed by atoms with Gasteiger partial charge in [-0.3, -0.25) is 4.79 Å². The van der Waals surface area contributed by atoms with Crippen molar-refractivity contribution < 1.29 is 14.7 Å². The predicted octanol–water partition coefficient (Wildman–Crippen LogP) is 1.07. The molecule has 2 aliphatic rings. The highest BCUT2D eigenvalue weighted by Crippen LogP contribution is 2.39. The van der Waals surface area contributed by atoms with E-state index in [1.807, 2.05) is 24.3 Å². The van der Waals surface area contributed by atoms with E-state index in [0.717, 1.165) is 18.4 Å². The number of aliphatic carboxylic acids is 1. The van der Waals surface area contributed by atoms with Crippen molar-refractivity contribution in [2.75, 3.05) is 0 Å². The van der Waals surface area contributed by atoms with E-state index in [1.165, 1.54) is 5.56 Å². The van der Waals surface area contributed by atoms with E-state index >= 15 is 0 Å². The van der Waals surface area contributed by atoms with Crippen molar-refractivity contribution in [1.29, 1.82) is 0 Å². The Morgan fingerprint density at radius 2 is 1.95 bits per heavy atom. The van der Waals surface area contributed by atoms with Crippen LogP contribution in [0.5, 0.6) is 0 Å². The topological polar surface area (TPSA) is 78.4 Å². The smallest absolute Gasteiger partial charge is 0.329 e. The second-order valence-corrected chi connectivity index (χ2v) is 6.18. The summed E-state index contributed by atoms with van der Waals surface area (Å²) in [4.78, 5) is 23.9. The quantitative estimate of drug-likeness (QED) is 0.774. The molecule has 2 unspecified atom stereocenters. The largest absolute Gasteiger partial charge is 0.480 e. The number of carboxylic acid groups (broad SMARTS) is 1. The standard InChI is InChI=1S/C16H20N2O3/c1-16(15(20)21,12-6-7-12)18-14(19)13-8-10-4-2-3-5-11(10)9-17-13/h2-5,12-13,17H,6-9H2,1H3,(H,18,19)(H,20,21). The van der Waals surface area contributed by atoms with Crippen LogP contribution in [-0.2, 0) is 22.6 Å². The maximum Gasteiger partial charge on any atom is 0.329 e. The molecule has 1 aliphatic carbocycles. The summed E-state index contributed by atoms with van der Waals surface area (Å²) < 4.78 is 0. The molecule has 5 nitrogen and oxygen atoms in total. The molecule has 1 aromatic carbocycles. The maximum atomic E-state index is 12.4. The zero-order chi connectivity index (χ0) is 15.0. The third-order valence-electron chi connectivity index (χ3n) is 4.62. The molecule has 3 N–H and O–H groups in total. The molecule has 1 amide bonds. The van der Waals surface area contributed by atoms with Crippen molar-refractivity contribution in [1.82, 2.24) is 10.6 Å². The van der Waals surface area contributed by atoms with Crippen molar-refractivity contribution in [2.24, 2.45) is 5.92 Å². The summed E-state index contributed by atoms with van der Waals surface area (Å²) in [5.74, 6) is -1.12. The number of rotatable bonds is 4. The monoisotopic (exact) mass is 288 g/mol. The van der Waals surface area contributed by atoms with Gasteiger partial charge in [-0.25, -0.2) is 4.79 Å². The summed E-state index contributed by atoms with van der Waals surface area (Å²) in [5.41, 5.74) is 1.21. The van der Waals surface area contributed by atoms with E-state index in [4.69, 9.17) is 0 Å². The highest BCUT2D eigenvalue weighted by Gasteiger charge is 2.49. The van der Waals surface area contributed by atoms with Gasteiger partial charge in [-0.1, -0.05) is 24.3 Å². The van der Waals surface area contributed by atoms with Gasteiger partial charge in [-0.05, 0) is 43.2 Å². The molecule has 3 rings (SSSR count). The van der Waals surface area contributed by atoms with Crippen LogP contribution in [0.15, 0.2) is 24.3 Å². The lowest BCUT2D eigenvalue weighted by molar-refractivity contribution is -0.148. The number of fused-ring (bicyclic) bond motifs is 1. The Morgan fingerprint density at radius 3 is 2.57 bits per heavy atom. The third kappa shape index (κ3) is 2.65. The molecule has 112 valence electrons. The van der Waals surface area contributed by atoms with Gasteiger partial charge in [-0.15, -0.1) is 0 Å². The third-order valence-corrected chi connectivity index (χ3v) is 4.62. The minimum Gasteiger partial charge on any atom is -0.480 e. The molecule has 1 fully saturated rings. The summed E-state index contributed by atoms with van der Waals surface area (Å²) in [6, 6.07) is 7.65. The van der Waals surface area contributed by atoms with Crippen LogP contribution in [0.1, 0.15) is 30.9 Å². The zero-order valence-electron chi connectivity index (χ0n) is 12.1. The van der Waals surface area contributed by atoms with Gasteiger partial charge < -0.3 is 15.7 Å². The van der Waals surface area contributed by atoms with Gasteiger partial charge in [0.25, 0.3) is 0 Å². The molecule has 2 atom stereocenters. The van der Waals surface area contributed by atoms with Gasteiger partial charge >= 0.3 is 5.97 Å². The summed E-state index contributed by atoms with van der Waals surface area (Å²) in [7, 11) is 0. The molecular formula is C16H20N2O3. The molecule has 0 bridgehead atoms. The maximum absolute atomic E-state index is 12.4. The lowest BCUT2D eigenvalue weighted by Gasteiger charge is -2.31. The molecule has 0 spiro atoms. The summed E-state index contributed by atoms with van der Waals surface area (Å²) >= 11 is 0. The first-order valence-electron chi connectivity index (χ1n) is 7.36. The first kappa shape index (κ1) is 14.1. The van der Waals surface area contributed by atoms with Crippen molar-refractivity contribution >= 4 is 11.9 Å². The van der Waals surface area contributed by atoms with E-state index in [2.05, 4.69) is 10.6 Å². The lowest BCUT2D eigenvalue weighted by atomic mass is 9.92. The molecule has 1 saturated carbocycles. The average molecular weight is 288 g/mol. The Bertz CT molecular complexity index is 583. The van der Waals surface area contributed by atoms with Crippen LogP contribution in [0, 0.1) is 5.92 Å². The Balaban J connectivity index is 1.71. The van der Waals surface area contributed by atoms with Crippen molar-refractivity contribution in [2.45, 2.75) is 44.3 Å². The molecule has 0 aromatic heterocycles. The number of hydrogen-bond acceptors (Lipinski definition) is 3. The normalized spacial score (nSPS) is 23.8. The minimum atomic E-state index is -1.14. The highest BCUT2D eigenvalue weighted by molar-refractivity contribution is 5.90. The van der Waals surface area contributed by atoms with E-state index in [-0.39, 0.29) is 17.9 Å².